The van der Waals surface area contributed by atoms with Gasteiger partial charge in [0.2, 0.25) is 5.91 Å². The highest BCUT2D eigenvalue weighted by atomic mass is 35.5. The number of nitriles is 1. The van der Waals surface area contributed by atoms with E-state index in [2.05, 4.69) is 21.7 Å². The van der Waals surface area contributed by atoms with Gasteiger partial charge < -0.3 is 30.9 Å². The highest BCUT2D eigenvalue weighted by Gasteiger charge is 2.43. The van der Waals surface area contributed by atoms with Crippen LogP contribution in [0.1, 0.15) is 50.0 Å². The summed E-state index contributed by atoms with van der Waals surface area (Å²) in [6.07, 6.45) is -0.736. The molecule has 0 aliphatic carbocycles. The maximum atomic E-state index is 14.4. The van der Waals surface area contributed by atoms with Gasteiger partial charge in [0, 0.05) is 24.2 Å². The van der Waals surface area contributed by atoms with Gasteiger partial charge in [-0.2, -0.15) is 9.57 Å². The highest BCUT2D eigenvalue weighted by molar-refractivity contribution is 7.91. The minimum atomic E-state index is -4.40. The Hall–Kier alpha value is -6.48. The van der Waals surface area contributed by atoms with Crippen LogP contribution in [-0.2, 0) is 39.0 Å². The fourth-order valence-electron chi connectivity index (χ4n) is 7.41. The summed E-state index contributed by atoms with van der Waals surface area (Å²) >= 11 is 12.8. The van der Waals surface area contributed by atoms with Crippen molar-refractivity contribution < 1.29 is 37.4 Å². The first-order chi connectivity index (χ1) is 30.2. The van der Waals surface area contributed by atoms with Gasteiger partial charge in [-0.3, -0.25) is 9.59 Å². The summed E-state index contributed by atoms with van der Waals surface area (Å²) in [6.45, 7) is 1.39. The van der Waals surface area contributed by atoms with Gasteiger partial charge in [0.1, 0.15) is 18.7 Å². The molecule has 5 aromatic carbocycles. The number of aliphatic carboxylic acids is 1. The number of halogens is 2. The second kappa shape index (κ2) is 17.7. The summed E-state index contributed by atoms with van der Waals surface area (Å²) in [4.78, 5) is 43.7. The number of benzene rings is 5. The number of ether oxygens (including phenoxy) is 2. The fourth-order valence-corrected chi connectivity index (χ4v) is 10.7. The Morgan fingerprint density at radius 3 is 2.27 bits per heavy atom. The van der Waals surface area contributed by atoms with Gasteiger partial charge in [-0.05, 0) is 101 Å². The van der Waals surface area contributed by atoms with E-state index in [1.54, 1.807) is 72.8 Å². The van der Waals surface area contributed by atoms with Gasteiger partial charge in [-0.15, -0.1) is 0 Å². The van der Waals surface area contributed by atoms with Crippen LogP contribution >= 0.6 is 34.5 Å². The van der Waals surface area contributed by atoms with Crippen molar-refractivity contribution in [3.8, 4) is 28.7 Å². The smallest absolute Gasteiger partial charge is 0.326 e. The number of aryl methyl sites for hydroxylation is 1. The number of anilines is 2. The number of nitrogen functional groups attached to an aromatic ring is 1. The van der Waals surface area contributed by atoms with Crippen LogP contribution in [0.2, 0.25) is 10.0 Å². The van der Waals surface area contributed by atoms with E-state index in [9.17, 15) is 27.9 Å². The topological polar surface area (TPSA) is 214 Å². The third kappa shape index (κ3) is 9.19. The quantitative estimate of drug-likeness (QED) is 0.0995. The van der Waals surface area contributed by atoms with E-state index >= 15 is 0 Å². The molecule has 14 nitrogen and oxygen atoms in total. The highest BCUT2D eigenvalue weighted by Crippen LogP contribution is 2.42. The van der Waals surface area contributed by atoms with E-state index in [1.165, 1.54) is 13.0 Å². The number of amides is 2. The number of nitrogens with one attached hydrogen (secondary N) is 2. The lowest BCUT2D eigenvalue weighted by Crippen LogP contribution is -2.55. The average molecular weight is 924 g/mol. The Morgan fingerprint density at radius 2 is 1.63 bits per heavy atom. The molecule has 2 aliphatic rings. The van der Waals surface area contributed by atoms with E-state index < -0.39 is 40.1 Å². The number of hydrogen-bond donors (Lipinski definition) is 4. The van der Waals surface area contributed by atoms with E-state index in [-0.39, 0.29) is 52.0 Å². The van der Waals surface area contributed by atoms with E-state index in [1.807, 2.05) is 24.3 Å². The number of carboxylic acid groups (broad SMARTS) is 1. The van der Waals surface area contributed by atoms with Gasteiger partial charge in [-0.25, -0.2) is 18.2 Å². The van der Waals surface area contributed by atoms with Crippen LogP contribution in [0.15, 0.2) is 107 Å². The number of carboxylic acids is 1. The normalized spacial score (nSPS) is 16.3. The first kappa shape index (κ1) is 43.2. The van der Waals surface area contributed by atoms with Gasteiger partial charge in [0.15, 0.2) is 26.9 Å². The molecule has 3 heterocycles. The number of fused-ring (bicyclic) bond motifs is 2. The Bertz CT molecular complexity index is 2920. The Morgan fingerprint density at radius 1 is 0.952 bits per heavy atom. The van der Waals surface area contributed by atoms with Crippen LogP contribution in [0.4, 0.5) is 10.8 Å². The molecule has 3 atom stereocenters. The molecular weight excluding hydrogens is 888 g/mol. The minimum Gasteiger partial charge on any atom is -0.485 e. The molecule has 8 rings (SSSR count). The number of nitrogens with zero attached hydrogens (tertiary/aromatic N) is 3. The summed E-state index contributed by atoms with van der Waals surface area (Å²) in [5, 5.41) is 25.4. The number of carbonyl (C=O) groups is 3. The lowest BCUT2D eigenvalue weighted by molar-refractivity contribution is -0.142. The molecule has 18 heteroatoms. The Kier molecular flexibility index (Phi) is 12.1. The van der Waals surface area contributed by atoms with Crippen LogP contribution in [0.5, 0.6) is 11.5 Å². The number of rotatable bonds is 11. The van der Waals surface area contributed by atoms with Gasteiger partial charge in [-0.1, -0.05) is 83.1 Å². The standard InChI is InChI=1S/C45H36Cl2N6O8S2/c1-24-44(62-45(49)50-24)63(58,59)53-22-32-20-39-38(60-23-40(61-39)29-10-13-33(14-11-29)51-41(54)30-12-15-34(46)35(47)17-30)19-31(32)18-37(53)42(55)52-36(43(56)57)16-25-2-6-27(7-3-25)28-8-4-26(21-48)5-9-28/h2-15,17,19-20,36-37,40H,16,18,22-23H2,1H3,(H2,49,50)(H,51,54)(H,52,55)(H,56,57). The number of nitrogens with two attached hydrogens (primary N) is 1. The zero-order valence-electron chi connectivity index (χ0n) is 33.2. The van der Waals surface area contributed by atoms with Crippen molar-refractivity contribution in [1.82, 2.24) is 14.6 Å². The average Bonchev–Trinajstić information content (AvgIpc) is 3.64. The zero-order chi connectivity index (χ0) is 44.6. The minimum absolute atomic E-state index is 0.0353. The molecule has 320 valence electrons. The number of aromatic nitrogens is 1. The summed E-state index contributed by atoms with van der Waals surface area (Å²) < 4.78 is 42.3. The van der Waals surface area contributed by atoms with Crippen LogP contribution in [0.25, 0.3) is 11.1 Å². The van der Waals surface area contributed by atoms with Crippen molar-refractivity contribution in [3.63, 3.8) is 0 Å². The Balaban J connectivity index is 1.01. The van der Waals surface area contributed by atoms with Crippen molar-refractivity contribution >= 4 is 73.2 Å². The molecular formula is C45H36Cl2N6O8S2. The molecule has 63 heavy (non-hydrogen) atoms. The monoisotopic (exact) mass is 922 g/mol. The summed E-state index contributed by atoms with van der Waals surface area (Å²) in [6, 6.07) is 28.6. The molecule has 1 aromatic heterocycles. The van der Waals surface area contributed by atoms with Crippen LogP contribution in [0.3, 0.4) is 0 Å². The third-order valence-corrected chi connectivity index (χ3v) is 14.9. The van der Waals surface area contributed by atoms with Gasteiger partial charge in [0.05, 0.1) is 27.4 Å². The first-order valence-corrected chi connectivity index (χ1v) is 22.4. The molecule has 2 aliphatic heterocycles. The summed E-state index contributed by atoms with van der Waals surface area (Å²) in [7, 11) is -4.40. The second-order valence-corrected chi connectivity index (χ2v) is 18.8. The van der Waals surface area contributed by atoms with Crippen molar-refractivity contribution in [2.75, 3.05) is 17.7 Å². The molecule has 0 saturated heterocycles. The fraction of sp³-hybridized carbons (Fsp3) is 0.178. The lowest BCUT2D eigenvalue weighted by Gasteiger charge is -2.36. The van der Waals surface area contributed by atoms with E-state index in [4.69, 9.17) is 43.7 Å². The molecule has 6 aromatic rings. The summed E-state index contributed by atoms with van der Waals surface area (Å²) in [5.41, 5.74) is 11.7. The van der Waals surface area contributed by atoms with E-state index in [0.717, 1.165) is 32.3 Å². The maximum absolute atomic E-state index is 14.4. The van der Waals surface area contributed by atoms with Crippen molar-refractivity contribution in [2.24, 2.45) is 0 Å². The lowest BCUT2D eigenvalue weighted by atomic mass is 9.93. The molecule has 0 spiro atoms. The molecule has 2 amide bonds. The third-order valence-electron chi connectivity index (χ3n) is 10.7. The van der Waals surface area contributed by atoms with Crippen molar-refractivity contribution in [3.05, 3.63) is 152 Å². The largest absolute Gasteiger partial charge is 0.485 e. The van der Waals surface area contributed by atoms with Crippen LogP contribution < -0.4 is 25.8 Å². The second-order valence-electron chi connectivity index (χ2n) is 14.9. The number of thiazole rings is 1. The van der Waals surface area contributed by atoms with Gasteiger partial charge in [0.25, 0.3) is 15.9 Å². The Labute approximate surface area is 375 Å². The predicted molar refractivity (Wildman–Crippen MR) is 238 cm³/mol. The SMILES string of the molecule is Cc1nc(N)sc1S(=O)(=O)N1Cc2cc3c(cc2CC1C(=O)NC(Cc1ccc(-c2ccc(C#N)cc2)cc1)C(=O)O)OCC(c1ccc(NC(=O)c2ccc(Cl)c(Cl)c2)cc1)O3. The van der Waals surface area contributed by atoms with Crippen LogP contribution in [0, 0.1) is 18.3 Å². The molecule has 0 fully saturated rings. The molecule has 5 N–H and O–H groups in total. The molecule has 0 bridgehead atoms. The number of sulfonamides is 1. The number of carbonyl (C=O) groups excluding carboxylic acids is 2. The maximum Gasteiger partial charge on any atom is 0.326 e. The van der Waals surface area contributed by atoms with Crippen molar-refractivity contribution in [1.29, 1.82) is 5.26 Å². The van der Waals surface area contributed by atoms with Crippen LogP contribution in [-0.4, -0.2) is 59.3 Å². The molecule has 3 unspecified atom stereocenters. The first-order valence-electron chi connectivity index (χ1n) is 19.4. The number of hydrogen-bond acceptors (Lipinski definition) is 11. The predicted octanol–water partition coefficient (Wildman–Crippen LogP) is 7.57. The van der Waals surface area contributed by atoms with Gasteiger partial charge >= 0.3 is 5.97 Å². The zero-order valence-corrected chi connectivity index (χ0v) is 36.3. The molecule has 0 saturated carbocycles. The molecule has 0 radical (unpaired) electrons. The van der Waals surface area contributed by atoms with Crippen molar-refractivity contribution in [2.45, 2.75) is 48.7 Å². The summed E-state index contributed by atoms with van der Waals surface area (Å²) in [5.74, 6) is -1.71. The van der Waals surface area contributed by atoms with E-state index in [0.29, 0.717) is 50.0 Å².